The van der Waals surface area contributed by atoms with Crippen LogP contribution in [0.25, 0.3) is 0 Å². The molecule has 1 aliphatic heterocycles. The predicted octanol–water partition coefficient (Wildman–Crippen LogP) is 2.82. The molecule has 1 spiro atoms. The molecule has 1 unspecified atom stereocenters. The minimum absolute atomic E-state index is 0.143. The van der Waals surface area contributed by atoms with Gasteiger partial charge in [-0.15, -0.1) is 0 Å². The molecule has 0 radical (unpaired) electrons. The van der Waals surface area contributed by atoms with Gasteiger partial charge in [-0.25, -0.2) is 0 Å². The Labute approximate surface area is 101 Å². The zero-order chi connectivity index (χ0) is 11.9. The van der Waals surface area contributed by atoms with E-state index in [1.54, 1.807) is 0 Å². The van der Waals surface area contributed by atoms with Crippen LogP contribution in [0, 0.1) is 0 Å². The van der Waals surface area contributed by atoms with Crippen molar-refractivity contribution in [2.75, 3.05) is 6.61 Å². The van der Waals surface area contributed by atoms with E-state index < -0.39 is 0 Å². The lowest BCUT2D eigenvalue weighted by Crippen LogP contribution is -2.34. The first-order valence-electron chi connectivity index (χ1n) is 6.35. The van der Waals surface area contributed by atoms with E-state index in [1.165, 1.54) is 12.8 Å². The normalized spacial score (nSPS) is 22.0. The molecular weight excluding hydrogens is 216 g/mol. The van der Waals surface area contributed by atoms with Crippen molar-refractivity contribution in [1.29, 1.82) is 0 Å². The Bertz CT molecular complexity index is 421. The summed E-state index contributed by atoms with van der Waals surface area (Å²) >= 11 is 0. The van der Waals surface area contributed by atoms with Crippen LogP contribution in [0.5, 0.6) is 11.5 Å². The molecule has 1 aromatic carbocycles. The maximum absolute atomic E-state index is 9.17. The summed E-state index contributed by atoms with van der Waals surface area (Å²) in [5.74, 6) is 1.44. The molecule has 1 atom stereocenters. The number of fused-ring (bicyclic) bond motifs is 1. The Balaban J connectivity index is 1.87. The molecule has 3 nitrogen and oxygen atoms in total. The maximum atomic E-state index is 9.17. The van der Waals surface area contributed by atoms with E-state index in [-0.39, 0.29) is 18.3 Å². The summed E-state index contributed by atoms with van der Waals surface area (Å²) in [5, 5.41) is 9.17. The lowest BCUT2D eigenvalue weighted by atomic mass is 10.0. The number of benzene rings is 1. The lowest BCUT2D eigenvalue weighted by Gasteiger charge is -2.21. The van der Waals surface area contributed by atoms with Crippen molar-refractivity contribution in [3.63, 3.8) is 0 Å². The Kier molecular flexibility index (Phi) is 2.51. The van der Waals surface area contributed by atoms with Crippen LogP contribution in [0.2, 0.25) is 0 Å². The zero-order valence-corrected chi connectivity index (χ0v) is 10.1. The first kappa shape index (κ1) is 10.9. The molecule has 92 valence electrons. The van der Waals surface area contributed by atoms with Gasteiger partial charge in [-0.3, -0.25) is 0 Å². The molecule has 1 heterocycles. The van der Waals surface area contributed by atoms with Crippen molar-refractivity contribution in [3.8, 4) is 11.5 Å². The average Bonchev–Trinajstić information content (AvgIpc) is 2.94. The topological polar surface area (TPSA) is 38.7 Å². The number of aliphatic hydroxyl groups excluding tert-OH is 1. The number of hydrogen-bond acceptors (Lipinski definition) is 3. The molecule has 1 saturated carbocycles. The van der Waals surface area contributed by atoms with Crippen LogP contribution in [0.4, 0.5) is 0 Å². The highest BCUT2D eigenvalue weighted by atomic mass is 16.7. The Hall–Kier alpha value is -1.22. The van der Waals surface area contributed by atoms with E-state index in [2.05, 4.69) is 0 Å². The van der Waals surface area contributed by atoms with Crippen LogP contribution < -0.4 is 9.47 Å². The van der Waals surface area contributed by atoms with Gasteiger partial charge >= 0.3 is 0 Å². The van der Waals surface area contributed by atoms with Gasteiger partial charge in [-0.1, -0.05) is 13.0 Å². The van der Waals surface area contributed by atoms with Gasteiger partial charge in [0.1, 0.15) is 0 Å². The highest BCUT2D eigenvalue weighted by Gasteiger charge is 2.44. The van der Waals surface area contributed by atoms with Gasteiger partial charge in [-0.05, 0) is 30.5 Å². The summed E-state index contributed by atoms with van der Waals surface area (Å²) in [6, 6.07) is 5.98. The second-order valence-corrected chi connectivity index (χ2v) is 5.11. The van der Waals surface area contributed by atoms with Gasteiger partial charge in [0.2, 0.25) is 0 Å². The predicted molar refractivity (Wildman–Crippen MR) is 64.4 cm³/mol. The second-order valence-electron chi connectivity index (χ2n) is 5.11. The standard InChI is InChI=1S/C14H18O3/c1-10(9-15)11-4-5-12-13(8-11)17-14(16-12)6-2-3-7-14/h4-5,8,10,15H,2-3,6-7,9H2,1H3. The molecule has 1 aromatic rings. The fourth-order valence-corrected chi connectivity index (χ4v) is 2.64. The third-order valence-electron chi connectivity index (χ3n) is 3.77. The first-order valence-corrected chi connectivity index (χ1v) is 6.35. The van der Waals surface area contributed by atoms with Gasteiger partial charge < -0.3 is 14.6 Å². The van der Waals surface area contributed by atoms with E-state index in [0.29, 0.717) is 0 Å². The van der Waals surface area contributed by atoms with Gasteiger partial charge in [0.05, 0.1) is 0 Å². The molecule has 0 amide bonds. The minimum Gasteiger partial charge on any atom is -0.448 e. The summed E-state index contributed by atoms with van der Waals surface area (Å²) in [4.78, 5) is 0. The molecule has 3 rings (SSSR count). The first-order chi connectivity index (χ1) is 8.22. The van der Waals surface area contributed by atoms with Crippen molar-refractivity contribution in [2.45, 2.75) is 44.3 Å². The molecule has 0 aromatic heterocycles. The van der Waals surface area contributed by atoms with Crippen molar-refractivity contribution < 1.29 is 14.6 Å². The van der Waals surface area contributed by atoms with Gasteiger partial charge in [0.25, 0.3) is 5.79 Å². The largest absolute Gasteiger partial charge is 0.448 e. The third kappa shape index (κ3) is 1.78. The van der Waals surface area contributed by atoms with Gasteiger partial charge in [0, 0.05) is 25.4 Å². The number of ether oxygens (including phenoxy) is 2. The van der Waals surface area contributed by atoms with Crippen LogP contribution in [0.1, 0.15) is 44.1 Å². The smallest absolute Gasteiger partial charge is 0.251 e. The average molecular weight is 234 g/mol. The van der Waals surface area contributed by atoms with Crippen molar-refractivity contribution in [1.82, 2.24) is 0 Å². The van der Waals surface area contributed by atoms with Crippen molar-refractivity contribution in [3.05, 3.63) is 23.8 Å². The molecule has 2 aliphatic rings. The number of rotatable bonds is 2. The molecule has 17 heavy (non-hydrogen) atoms. The highest BCUT2D eigenvalue weighted by molar-refractivity contribution is 5.46. The fraction of sp³-hybridized carbons (Fsp3) is 0.571. The molecule has 1 N–H and O–H groups in total. The molecule has 0 saturated heterocycles. The monoisotopic (exact) mass is 234 g/mol. The van der Waals surface area contributed by atoms with Crippen molar-refractivity contribution >= 4 is 0 Å². The van der Waals surface area contributed by atoms with Gasteiger partial charge in [-0.2, -0.15) is 0 Å². The SMILES string of the molecule is CC(CO)c1ccc2c(c1)OC1(CCCC1)O2. The van der Waals surface area contributed by atoms with E-state index >= 15 is 0 Å². The molecule has 0 bridgehead atoms. The fourth-order valence-electron chi connectivity index (χ4n) is 2.64. The Morgan fingerprint density at radius 3 is 2.65 bits per heavy atom. The summed E-state index contributed by atoms with van der Waals surface area (Å²) in [7, 11) is 0. The highest BCUT2D eigenvalue weighted by Crippen LogP contribution is 2.47. The van der Waals surface area contributed by atoms with Crippen LogP contribution >= 0.6 is 0 Å². The second kappa shape index (κ2) is 3.91. The number of hydrogen-bond donors (Lipinski definition) is 1. The van der Waals surface area contributed by atoms with Crippen LogP contribution in [0.15, 0.2) is 18.2 Å². The molecular formula is C14H18O3. The Morgan fingerprint density at radius 2 is 1.94 bits per heavy atom. The van der Waals surface area contributed by atoms with Gasteiger partial charge in [0.15, 0.2) is 11.5 Å². The van der Waals surface area contributed by atoms with Crippen LogP contribution in [-0.4, -0.2) is 17.5 Å². The lowest BCUT2D eigenvalue weighted by molar-refractivity contribution is -0.0716. The molecule has 1 aliphatic carbocycles. The quantitative estimate of drug-likeness (QED) is 0.855. The molecule has 3 heteroatoms. The zero-order valence-electron chi connectivity index (χ0n) is 10.1. The van der Waals surface area contributed by atoms with Crippen LogP contribution in [-0.2, 0) is 0 Å². The maximum Gasteiger partial charge on any atom is 0.251 e. The summed E-state index contributed by atoms with van der Waals surface area (Å²) in [6.45, 7) is 2.16. The Morgan fingerprint density at radius 1 is 1.24 bits per heavy atom. The summed E-state index contributed by atoms with van der Waals surface area (Å²) in [5.41, 5.74) is 1.10. The summed E-state index contributed by atoms with van der Waals surface area (Å²) < 4.78 is 11.9. The molecule has 1 fully saturated rings. The van der Waals surface area contributed by atoms with E-state index in [0.717, 1.165) is 29.9 Å². The van der Waals surface area contributed by atoms with E-state index in [9.17, 15) is 0 Å². The third-order valence-corrected chi connectivity index (χ3v) is 3.77. The number of aliphatic hydroxyl groups is 1. The van der Waals surface area contributed by atoms with Crippen LogP contribution in [0.3, 0.4) is 0 Å². The van der Waals surface area contributed by atoms with E-state index in [4.69, 9.17) is 14.6 Å². The van der Waals surface area contributed by atoms with Crippen molar-refractivity contribution in [2.24, 2.45) is 0 Å². The minimum atomic E-state index is -0.386. The summed E-state index contributed by atoms with van der Waals surface area (Å²) in [6.07, 6.45) is 4.31. The van der Waals surface area contributed by atoms with E-state index in [1.807, 2.05) is 25.1 Å².